The van der Waals surface area contributed by atoms with Crippen LogP contribution in [-0.4, -0.2) is 21.9 Å². The van der Waals surface area contributed by atoms with Gasteiger partial charge in [0.05, 0.1) is 5.69 Å². The van der Waals surface area contributed by atoms with E-state index in [1.807, 2.05) is 29.1 Å². The lowest BCUT2D eigenvalue weighted by molar-refractivity contribution is 0.411. The van der Waals surface area contributed by atoms with Crippen molar-refractivity contribution in [3.63, 3.8) is 0 Å². The van der Waals surface area contributed by atoms with Crippen LogP contribution < -0.4 is 5.32 Å². The van der Waals surface area contributed by atoms with Crippen LogP contribution in [0.15, 0.2) is 42.6 Å². The summed E-state index contributed by atoms with van der Waals surface area (Å²) >= 11 is 0. The minimum absolute atomic E-state index is 0.180. The van der Waals surface area contributed by atoms with Gasteiger partial charge in [0.2, 0.25) is 0 Å². The van der Waals surface area contributed by atoms with Gasteiger partial charge in [-0.2, -0.15) is 5.10 Å². The maximum atomic E-state index is 4.46. The van der Waals surface area contributed by atoms with E-state index in [2.05, 4.69) is 56.3 Å². The van der Waals surface area contributed by atoms with E-state index >= 15 is 0 Å². The first kappa shape index (κ1) is 14.8. The number of benzene rings is 1. The molecule has 20 heavy (non-hydrogen) atoms. The topological polar surface area (TPSA) is 29.9 Å². The molecular weight excluding hydrogens is 246 g/mol. The van der Waals surface area contributed by atoms with Crippen LogP contribution in [0, 0.1) is 0 Å². The monoisotopic (exact) mass is 271 g/mol. The molecule has 0 aliphatic rings. The molecule has 0 amide bonds. The molecule has 3 nitrogen and oxygen atoms in total. The molecule has 1 heterocycles. The van der Waals surface area contributed by atoms with Gasteiger partial charge in [0.1, 0.15) is 0 Å². The summed E-state index contributed by atoms with van der Waals surface area (Å²) in [5.74, 6) is 0.479. The van der Waals surface area contributed by atoms with Gasteiger partial charge in [-0.05, 0) is 57.9 Å². The van der Waals surface area contributed by atoms with Crippen LogP contribution in [0.4, 0.5) is 0 Å². The fourth-order valence-corrected chi connectivity index (χ4v) is 2.28. The maximum Gasteiger partial charge on any atom is 0.0648 e. The van der Waals surface area contributed by atoms with Crippen molar-refractivity contribution in [1.82, 2.24) is 15.1 Å². The van der Waals surface area contributed by atoms with Gasteiger partial charge < -0.3 is 5.32 Å². The molecule has 2 aromatic rings. The highest BCUT2D eigenvalue weighted by atomic mass is 15.3. The quantitative estimate of drug-likeness (QED) is 0.897. The molecule has 0 bridgehead atoms. The lowest BCUT2D eigenvalue weighted by Crippen LogP contribution is -2.36. The number of hydrogen-bond acceptors (Lipinski definition) is 2. The summed E-state index contributed by atoms with van der Waals surface area (Å²) in [5.41, 5.74) is 2.58. The first-order chi connectivity index (χ1) is 9.47. The van der Waals surface area contributed by atoms with E-state index in [0.29, 0.717) is 5.92 Å². The molecule has 0 fully saturated rings. The molecule has 1 unspecified atom stereocenters. The highest BCUT2D eigenvalue weighted by molar-refractivity contribution is 5.33. The van der Waals surface area contributed by atoms with Crippen molar-refractivity contribution in [3.8, 4) is 5.69 Å². The van der Waals surface area contributed by atoms with Crippen molar-refractivity contribution in [3.05, 3.63) is 48.3 Å². The molecule has 1 N–H and O–H groups in total. The fraction of sp³-hybridized carbons (Fsp3) is 0.471. The van der Waals surface area contributed by atoms with Gasteiger partial charge in [0, 0.05) is 17.4 Å². The number of nitrogens with zero attached hydrogens (tertiary/aromatic N) is 2. The number of hydrogen-bond donors (Lipinski definition) is 1. The van der Waals surface area contributed by atoms with E-state index in [0.717, 1.165) is 18.7 Å². The third-order valence-electron chi connectivity index (χ3n) is 3.41. The maximum absolute atomic E-state index is 4.46. The Kier molecular flexibility index (Phi) is 4.61. The lowest BCUT2D eigenvalue weighted by Gasteiger charge is -2.22. The van der Waals surface area contributed by atoms with E-state index in [9.17, 15) is 0 Å². The average molecular weight is 271 g/mol. The summed E-state index contributed by atoms with van der Waals surface area (Å²) in [6.45, 7) is 9.88. The van der Waals surface area contributed by atoms with Crippen LogP contribution in [0.1, 0.15) is 45.7 Å². The zero-order valence-corrected chi connectivity index (χ0v) is 12.9. The van der Waals surface area contributed by atoms with Gasteiger partial charge in [-0.15, -0.1) is 0 Å². The van der Waals surface area contributed by atoms with Gasteiger partial charge in [-0.1, -0.05) is 25.1 Å². The highest BCUT2D eigenvalue weighted by Gasteiger charge is 2.14. The second-order valence-corrected chi connectivity index (χ2v) is 6.37. The highest BCUT2D eigenvalue weighted by Crippen LogP contribution is 2.21. The van der Waals surface area contributed by atoms with Crippen molar-refractivity contribution in [2.24, 2.45) is 0 Å². The minimum Gasteiger partial charge on any atom is -0.312 e. The van der Waals surface area contributed by atoms with Gasteiger partial charge in [-0.3, -0.25) is 0 Å². The first-order valence-corrected chi connectivity index (χ1v) is 7.32. The van der Waals surface area contributed by atoms with Crippen LogP contribution in [0.3, 0.4) is 0 Å². The third kappa shape index (κ3) is 3.94. The molecule has 0 spiro atoms. The largest absolute Gasteiger partial charge is 0.312 e. The zero-order chi connectivity index (χ0) is 14.6. The second kappa shape index (κ2) is 6.23. The molecule has 1 atom stereocenters. The average Bonchev–Trinajstić information content (AvgIpc) is 2.87. The summed E-state index contributed by atoms with van der Waals surface area (Å²) in [6, 6.07) is 12.4. The number of rotatable bonds is 5. The Labute approximate surface area is 122 Å². The minimum atomic E-state index is 0.180. The first-order valence-electron chi connectivity index (χ1n) is 7.32. The van der Waals surface area contributed by atoms with Crippen LogP contribution in [0.5, 0.6) is 0 Å². The van der Waals surface area contributed by atoms with Crippen molar-refractivity contribution in [2.45, 2.75) is 45.6 Å². The van der Waals surface area contributed by atoms with E-state index in [1.165, 1.54) is 5.69 Å². The van der Waals surface area contributed by atoms with E-state index in [-0.39, 0.29) is 5.54 Å². The Morgan fingerprint density at radius 2 is 1.85 bits per heavy atom. The molecule has 108 valence electrons. The normalized spacial score (nSPS) is 13.4. The molecule has 0 radical (unpaired) electrons. The number of aromatic nitrogens is 2. The number of nitrogens with one attached hydrogen (secondary N) is 1. The molecule has 0 aliphatic heterocycles. The van der Waals surface area contributed by atoms with Crippen molar-refractivity contribution < 1.29 is 0 Å². The fourth-order valence-electron chi connectivity index (χ4n) is 2.28. The third-order valence-corrected chi connectivity index (χ3v) is 3.41. The van der Waals surface area contributed by atoms with E-state index in [4.69, 9.17) is 0 Å². The Morgan fingerprint density at radius 3 is 2.50 bits per heavy atom. The van der Waals surface area contributed by atoms with Crippen LogP contribution in [0.25, 0.3) is 5.69 Å². The summed E-state index contributed by atoms with van der Waals surface area (Å²) in [4.78, 5) is 0. The molecule has 0 aliphatic carbocycles. The Hall–Kier alpha value is -1.61. The summed E-state index contributed by atoms with van der Waals surface area (Å²) in [6.07, 6.45) is 2.99. The summed E-state index contributed by atoms with van der Waals surface area (Å²) < 4.78 is 2.04. The SMILES string of the molecule is CC(CCNC(C)(C)C)c1ccnn1-c1ccccc1. The Balaban J connectivity index is 2.05. The Bertz CT molecular complexity index is 523. The zero-order valence-electron chi connectivity index (χ0n) is 12.9. The summed E-state index contributed by atoms with van der Waals surface area (Å²) in [5, 5.41) is 8.00. The van der Waals surface area contributed by atoms with Crippen molar-refractivity contribution >= 4 is 0 Å². The molecule has 1 aromatic heterocycles. The van der Waals surface area contributed by atoms with Gasteiger partial charge in [-0.25, -0.2) is 4.68 Å². The smallest absolute Gasteiger partial charge is 0.0648 e. The molecule has 3 heteroatoms. The van der Waals surface area contributed by atoms with Crippen LogP contribution in [-0.2, 0) is 0 Å². The van der Waals surface area contributed by atoms with Gasteiger partial charge >= 0.3 is 0 Å². The van der Waals surface area contributed by atoms with E-state index in [1.54, 1.807) is 0 Å². The van der Waals surface area contributed by atoms with Gasteiger partial charge in [0.15, 0.2) is 0 Å². The predicted molar refractivity (Wildman–Crippen MR) is 84.4 cm³/mol. The van der Waals surface area contributed by atoms with Crippen LogP contribution >= 0.6 is 0 Å². The van der Waals surface area contributed by atoms with Gasteiger partial charge in [0.25, 0.3) is 0 Å². The van der Waals surface area contributed by atoms with Crippen LogP contribution in [0.2, 0.25) is 0 Å². The molecule has 2 rings (SSSR count). The molecule has 0 saturated carbocycles. The molecule has 0 saturated heterocycles. The second-order valence-electron chi connectivity index (χ2n) is 6.37. The lowest BCUT2D eigenvalue weighted by atomic mass is 10.0. The number of para-hydroxylation sites is 1. The molecular formula is C17H25N3. The standard InChI is InChI=1S/C17H25N3/c1-14(10-12-18-17(2,3)4)16-11-13-19-20(16)15-8-6-5-7-9-15/h5-9,11,13-14,18H,10,12H2,1-4H3. The van der Waals surface area contributed by atoms with Crippen molar-refractivity contribution in [2.75, 3.05) is 6.54 Å². The molecule has 1 aromatic carbocycles. The Morgan fingerprint density at radius 1 is 1.15 bits per heavy atom. The predicted octanol–water partition coefficient (Wildman–Crippen LogP) is 3.75. The van der Waals surface area contributed by atoms with Crippen molar-refractivity contribution in [1.29, 1.82) is 0 Å². The van der Waals surface area contributed by atoms with E-state index < -0.39 is 0 Å². The summed E-state index contributed by atoms with van der Waals surface area (Å²) in [7, 11) is 0.